The van der Waals surface area contributed by atoms with Crippen LogP contribution in [0.25, 0.3) is 12.2 Å². The van der Waals surface area contributed by atoms with Crippen LogP contribution in [0.15, 0.2) is 55.1 Å². The van der Waals surface area contributed by atoms with Crippen LogP contribution in [0.2, 0.25) is 0 Å². The molecule has 0 heterocycles. The first kappa shape index (κ1) is 14.3. The molecule has 0 saturated carbocycles. The van der Waals surface area contributed by atoms with Gasteiger partial charge < -0.3 is 0 Å². The van der Waals surface area contributed by atoms with E-state index in [4.69, 9.17) is 4.21 Å². The second kappa shape index (κ2) is 5.39. The first-order valence-electron chi connectivity index (χ1n) is 7.97. The Kier molecular flexibility index (Phi) is 3.50. The molecule has 4 rings (SSSR count). The molecular weight excluding hydrogens is 343 g/mol. The summed E-state index contributed by atoms with van der Waals surface area (Å²) in [6.45, 7) is 4.72. The third-order valence-electron chi connectivity index (χ3n) is 5.18. The van der Waals surface area contributed by atoms with Crippen LogP contribution >= 0.6 is 0 Å². The molecular formula is C21H20Zr. The van der Waals surface area contributed by atoms with Crippen molar-refractivity contribution in [2.75, 3.05) is 0 Å². The van der Waals surface area contributed by atoms with Crippen LogP contribution in [0, 0.1) is 0 Å². The molecule has 0 fully saturated rings. The molecule has 2 atom stereocenters. The van der Waals surface area contributed by atoms with E-state index in [1.54, 1.807) is 6.56 Å². The molecule has 2 aliphatic carbocycles. The number of rotatable bonds is 2. The van der Waals surface area contributed by atoms with Gasteiger partial charge in [-0.25, -0.2) is 0 Å². The van der Waals surface area contributed by atoms with Gasteiger partial charge in [0.25, 0.3) is 0 Å². The van der Waals surface area contributed by atoms with Crippen molar-refractivity contribution >= 4 is 16.4 Å². The molecule has 0 saturated heterocycles. The van der Waals surface area contributed by atoms with E-state index in [2.05, 4.69) is 74.5 Å². The van der Waals surface area contributed by atoms with Crippen molar-refractivity contribution in [2.45, 2.75) is 25.7 Å². The zero-order valence-corrected chi connectivity index (χ0v) is 15.6. The van der Waals surface area contributed by atoms with Gasteiger partial charge in [-0.3, -0.25) is 0 Å². The number of allylic oxidation sites excluding steroid dienone is 2. The molecule has 108 valence electrons. The van der Waals surface area contributed by atoms with Gasteiger partial charge in [0.2, 0.25) is 0 Å². The van der Waals surface area contributed by atoms with E-state index >= 15 is 0 Å². The molecule has 0 amide bonds. The standard InChI is InChI=1S/2C10H9.CH2.Zr/c2*1-8-6-7-9-4-2-3-5-10(8)9;;/h2*2-5,7-8H,1H3;1H2;. The van der Waals surface area contributed by atoms with Gasteiger partial charge in [-0.2, -0.15) is 0 Å². The van der Waals surface area contributed by atoms with Crippen LogP contribution in [0.5, 0.6) is 0 Å². The van der Waals surface area contributed by atoms with Crippen molar-refractivity contribution in [3.8, 4) is 0 Å². The average molecular weight is 364 g/mol. The Morgan fingerprint density at radius 3 is 1.55 bits per heavy atom. The van der Waals surface area contributed by atoms with Crippen molar-refractivity contribution < 1.29 is 21.3 Å². The molecule has 1 heteroatoms. The van der Waals surface area contributed by atoms with Crippen molar-refractivity contribution in [1.82, 2.24) is 0 Å². The third-order valence-corrected chi connectivity index (χ3v) is 11.4. The summed E-state index contributed by atoms with van der Waals surface area (Å²) in [5.74, 6) is 1.11. The molecule has 0 N–H and O–H groups in total. The molecule has 0 spiro atoms. The van der Waals surface area contributed by atoms with E-state index < -0.39 is 21.3 Å². The molecule has 2 aliphatic rings. The number of hydrogen-bond donors (Lipinski definition) is 0. The zero-order valence-electron chi connectivity index (χ0n) is 13.1. The second-order valence-electron chi connectivity index (χ2n) is 6.38. The first-order valence-corrected chi connectivity index (χ1v) is 12.2. The summed E-state index contributed by atoms with van der Waals surface area (Å²) < 4.78 is 8.02. The molecule has 0 radical (unpaired) electrons. The van der Waals surface area contributed by atoms with E-state index in [0.717, 1.165) is 0 Å². The van der Waals surface area contributed by atoms with Crippen molar-refractivity contribution in [2.24, 2.45) is 0 Å². The van der Waals surface area contributed by atoms with Crippen molar-refractivity contribution in [1.29, 1.82) is 0 Å². The van der Waals surface area contributed by atoms with Crippen LogP contribution in [-0.4, -0.2) is 4.21 Å². The maximum absolute atomic E-state index is 4.73. The van der Waals surface area contributed by atoms with Gasteiger partial charge in [0.15, 0.2) is 0 Å². The molecule has 0 bridgehead atoms. The van der Waals surface area contributed by atoms with Gasteiger partial charge in [-0.15, -0.1) is 0 Å². The van der Waals surface area contributed by atoms with E-state index in [1.165, 1.54) is 22.3 Å². The fourth-order valence-electron chi connectivity index (χ4n) is 3.86. The third kappa shape index (κ3) is 2.10. The monoisotopic (exact) mass is 362 g/mol. The molecule has 22 heavy (non-hydrogen) atoms. The van der Waals surface area contributed by atoms with Gasteiger partial charge in [0.05, 0.1) is 0 Å². The topological polar surface area (TPSA) is 0 Å². The van der Waals surface area contributed by atoms with Crippen LogP contribution in [-0.2, 0) is 21.3 Å². The second-order valence-corrected chi connectivity index (χ2v) is 11.6. The normalized spacial score (nSPS) is 21.9. The van der Waals surface area contributed by atoms with Crippen LogP contribution in [0.3, 0.4) is 0 Å². The minimum absolute atomic E-state index is 0.555. The number of hydrogen-bond acceptors (Lipinski definition) is 0. The molecule has 2 aromatic rings. The zero-order chi connectivity index (χ0) is 15.3. The molecule has 0 aromatic heterocycles. The summed E-state index contributed by atoms with van der Waals surface area (Å²) in [7, 11) is 0. The predicted molar refractivity (Wildman–Crippen MR) is 92.8 cm³/mol. The number of benzene rings is 2. The molecule has 2 unspecified atom stereocenters. The van der Waals surface area contributed by atoms with Gasteiger partial charge in [-0.1, -0.05) is 0 Å². The molecule has 0 aliphatic heterocycles. The Morgan fingerprint density at radius 1 is 0.727 bits per heavy atom. The van der Waals surface area contributed by atoms with Crippen LogP contribution in [0.1, 0.15) is 47.9 Å². The summed E-state index contributed by atoms with van der Waals surface area (Å²) >= 11 is -1.98. The van der Waals surface area contributed by atoms with Gasteiger partial charge >= 0.3 is 141 Å². The Morgan fingerprint density at radius 2 is 1.14 bits per heavy atom. The van der Waals surface area contributed by atoms with Crippen molar-refractivity contribution in [3.05, 3.63) is 77.3 Å². The van der Waals surface area contributed by atoms with E-state index in [9.17, 15) is 0 Å². The van der Waals surface area contributed by atoms with Crippen LogP contribution < -0.4 is 0 Å². The van der Waals surface area contributed by atoms with Crippen LogP contribution in [0.4, 0.5) is 0 Å². The predicted octanol–water partition coefficient (Wildman–Crippen LogP) is 5.35. The Balaban J connectivity index is 1.71. The summed E-state index contributed by atoms with van der Waals surface area (Å²) in [6, 6.07) is 17.7. The van der Waals surface area contributed by atoms with E-state index in [-0.39, 0.29) is 0 Å². The van der Waals surface area contributed by atoms with Gasteiger partial charge in [0, 0.05) is 0 Å². The Bertz CT molecular complexity index is 769. The summed E-state index contributed by atoms with van der Waals surface area (Å²) in [6.07, 6.45) is 4.89. The first-order chi connectivity index (χ1) is 10.7. The minimum atomic E-state index is -1.98. The average Bonchev–Trinajstić information content (AvgIpc) is 3.06. The van der Waals surface area contributed by atoms with E-state index in [1.807, 2.05) is 0 Å². The maximum atomic E-state index is 4.73. The summed E-state index contributed by atoms with van der Waals surface area (Å²) in [5.41, 5.74) is 5.80. The van der Waals surface area contributed by atoms with Gasteiger partial charge in [0.1, 0.15) is 0 Å². The van der Waals surface area contributed by atoms with Crippen molar-refractivity contribution in [3.63, 3.8) is 0 Å². The SMILES string of the molecule is [CH2]=[Zr]([C]1=Cc2ccccc2C1C)[C]1=Cc2ccccc2C1C. The summed E-state index contributed by atoms with van der Waals surface area (Å²) in [4.78, 5) is 0. The fourth-order valence-corrected chi connectivity index (χ4v) is 9.63. The van der Waals surface area contributed by atoms with E-state index in [0.29, 0.717) is 11.8 Å². The quantitative estimate of drug-likeness (QED) is 0.674. The van der Waals surface area contributed by atoms with Gasteiger partial charge in [-0.05, 0) is 0 Å². The number of fused-ring (bicyclic) bond motifs is 2. The molecule has 2 aromatic carbocycles. The Hall–Kier alpha value is -1.33. The molecule has 0 nitrogen and oxygen atoms in total. The Labute approximate surface area is 140 Å². The fraction of sp³-hybridized carbons (Fsp3) is 0.190. The summed E-state index contributed by atoms with van der Waals surface area (Å²) in [5, 5.41) is 0.